The van der Waals surface area contributed by atoms with Crippen LogP contribution in [-0.2, 0) is 19.6 Å². The number of amides is 1. The van der Waals surface area contributed by atoms with Crippen molar-refractivity contribution in [2.75, 3.05) is 40.0 Å². The molecule has 2 aliphatic rings. The summed E-state index contributed by atoms with van der Waals surface area (Å²) in [4.78, 5) is 12.4. The van der Waals surface area contributed by atoms with Gasteiger partial charge in [0, 0.05) is 26.3 Å². The van der Waals surface area contributed by atoms with Gasteiger partial charge in [-0.05, 0) is 25.0 Å². The fourth-order valence-electron chi connectivity index (χ4n) is 3.00. The quantitative estimate of drug-likeness (QED) is 0.728. The van der Waals surface area contributed by atoms with Gasteiger partial charge in [0.15, 0.2) is 11.5 Å². The molecule has 8 nitrogen and oxygen atoms in total. The summed E-state index contributed by atoms with van der Waals surface area (Å²) in [5.41, 5.74) is 0. The molecule has 1 amide bonds. The van der Waals surface area contributed by atoms with Crippen LogP contribution in [0.25, 0.3) is 0 Å². The highest BCUT2D eigenvalue weighted by atomic mass is 32.2. The number of rotatable bonds is 6. The summed E-state index contributed by atoms with van der Waals surface area (Å²) in [6, 6.07) is 3.84. The molecule has 0 spiro atoms. The lowest BCUT2D eigenvalue weighted by molar-refractivity contribution is -0.124. The number of nitrogens with zero attached hydrogens (tertiary/aromatic N) is 1. The molecule has 0 bridgehead atoms. The molecule has 1 atom stereocenters. The number of fused-ring (bicyclic) bond motifs is 1. The van der Waals surface area contributed by atoms with Crippen LogP contribution in [0.15, 0.2) is 23.1 Å². The van der Waals surface area contributed by atoms with Crippen LogP contribution in [-0.4, -0.2) is 64.7 Å². The minimum Gasteiger partial charge on any atom is -0.486 e. The molecule has 0 unspecified atom stereocenters. The Bertz CT molecular complexity index is 736. The summed E-state index contributed by atoms with van der Waals surface area (Å²) in [6.45, 7) is 1.87. The monoisotopic (exact) mass is 370 g/mol. The zero-order valence-corrected chi connectivity index (χ0v) is 14.9. The van der Waals surface area contributed by atoms with Gasteiger partial charge < -0.3 is 19.5 Å². The number of benzene rings is 1. The number of carbonyl (C=O) groups is 1. The normalized spacial score (nSPS) is 20.4. The van der Waals surface area contributed by atoms with Gasteiger partial charge in [-0.2, -0.15) is 4.31 Å². The van der Waals surface area contributed by atoms with Crippen LogP contribution in [0.2, 0.25) is 0 Å². The Balaban J connectivity index is 1.80. The molecular formula is C16H22N2O6S. The van der Waals surface area contributed by atoms with Crippen LogP contribution < -0.4 is 14.8 Å². The maximum absolute atomic E-state index is 13.0. The average Bonchev–Trinajstić information content (AvgIpc) is 3.12. The molecule has 3 rings (SSSR count). The van der Waals surface area contributed by atoms with Crippen LogP contribution in [0.4, 0.5) is 0 Å². The Morgan fingerprint density at radius 1 is 1.32 bits per heavy atom. The number of nitrogens with one attached hydrogen (secondary N) is 1. The van der Waals surface area contributed by atoms with E-state index in [1.54, 1.807) is 13.2 Å². The summed E-state index contributed by atoms with van der Waals surface area (Å²) in [7, 11) is -2.25. The average molecular weight is 370 g/mol. The largest absolute Gasteiger partial charge is 0.486 e. The first kappa shape index (κ1) is 18.0. The molecule has 1 aromatic rings. The molecule has 1 saturated heterocycles. The van der Waals surface area contributed by atoms with Gasteiger partial charge in [-0.3, -0.25) is 4.79 Å². The zero-order chi connectivity index (χ0) is 17.9. The number of sulfonamides is 1. The van der Waals surface area contributed by atoms with Gasteiger partial charge in [-0.25, -0.2) is 8.42 Å². The third kappa shape index (κ3) is 3.73. The summed E-state index contributed by atoms with van der Waals surface area (Å²) < 4.78 is 43.0. The van der Waals surface area contributed by atoms with Gasteiger partial charge in [-0.1, -0.05) is 0 Å². The van der Waals surface area contributed by atoms with E-state index < -0.39 is 16.1 Å². The van der Waals surface area contributed by atoms with Crippen LogP contribution in [0.5, 0.6) is 11.5 Å². The summed E-state index contributed by atoms with van der Waals surface area (Å²) in [5.74, 6) is 0.642. The Morgan fingerprint density at radius 2 is 2.08 bits per heavy atom. The zero-order valence-electron chi connectivity index (χ0n) is 14.1. The molecule has 9 heteroatoms. The van der Waals surface area contributed by atoms with E-state index in [2.05, 4.69) is 5.32 Å². The Morgan fingerprint density at radius 3 is 2.84 bits per heavy atom. The lowest BCUT2D eigenvalue weighted by Gasteiger charge is -2.24. The Labute approximate surface area is 147 Å². The smallest absolute Gasteiger partial charge is 0.243 e. The maximum atomic E-state index is 13.0. The van der Waals surface area contributed by atoms with E-state index in [1.165, 1.54) is 16.4 Å². The van der Waals surface area contributed by atoms with E-state index in [4.69, 9.17) is 14.2 Å². The molecule has 138 valence electrons. The van der Waals surface area contributed by atoms with E-state index in [1.807, 2.05) is 0 Å². The first-order valence-electron chi connectivity index (χ1n) is 8.22. The third-order valence-electron chi connectivity index (χ3n) is 4.23. The van der Waals surface area contributed by atoms with Crippen LogP contribution >= 0.6 is 0 Å². The van der Waals surface area contributed by atoms with Crippen molar-refractivity contribution in [1.82, 2.24) is 9.62 Å². The van der Waals surface area contributed by atoms with Crippen molar-refractivity contribution < 1.29 is 27.4 Å². The van der Waals surface area contributed by atoms with E-state index in [9.17, 15) is 13.2 Å². The fourth-order valence-corrected chi connectivity index (χ4v) is 4.68. The minimum absolute atomic E-state index is 0.105. The fraction of sp³-hybridized carbons (Fsp3) is 0.562. The number of hydrogen-bond donors (Lipinski definition) is 1. The molecule has 1 N–H and O–H groups in total. The van der Waals surface area contributed by atoms with Crippen molar-refractivity contribution in [1.29, 1.82) is 0 Å². The third-order valence-corrected chi connectivity index (χ3v) is 6.14. The van der Waals surface area contributed by atoms with E-state index >= 15 is 0 Å². The molecule has 25 heavy (non-hydrogen) atoms. The highest BCUT2D eigenvalue weighted by molar-refractivity contribution is 7.89. The highest BCUT2D eigenvalue weighted by Crippen LogP contribution is 2.34. The number of methoxy groups -OCH3 is 1. The van der Waals surface area contributed by atoms with Gasteiger partial charge in [0.25, 0.3) is 0 Å². The van der Waals surface area contributed by atoms with Gasteiger partial charge in [0.05, 0.1) is 11.5 Å². The molecular weight excluding hydrogens is 348 g/mol. The molecule has 2 heterocycles. The molecule has 1 fully saturated rings. The van der Waals surface area contributed by atoms with Crippen LogP contribution in [0.1, 0.15) is 12.8 Å². The second-order valence-electron chi connectivity index (χ2n) is 5.86. The van der Waals surface area contributed by atoms with Crippen molar-refractivity contribution >= 4 is 15.9 Å². The summed E-state index contributed by atoms with van der Waals surface area (Å²) in [5, 5.41) is 2.71. The number of carbonyl (C=O) groups excluding carboxylic acids is 1. The van der Waals surface area contributed by atoms with Crippen LogP contribution in [0.3, 0.4) is 0 Å². The number of ether oxygens (including phenoxy) is 3. The predicted octanol–water partition coefficient (Wildman–Crippen LogP) is 0.373. The second-order valence-corrected chi connectivity index (χ2v) is 7.75. The van der Waals surface area contributed by atoms with Gasteiger partial charge in [-0.15, -0.1) is 0 Å². The van der Waals surface area contributed by atoms with Gasteiger partial charge in [0.1, 0.15) is 19.3 Å². The lowest BCUT2D eigenvalue weighted by Crippen LogP contribution is -2.46. The molecule has 0 radical (unpaired) electrons. The molecule has 1 aromatic carbocycles. The summed E-state index contributed by atoms with van der Waals surface area (Å²) in [6.07, 6.45) is 1.15. The van der Waals surface area contributed by atoms with Gasteiger partial charge >= 0.3 is 0 Å². The van der Waals surface area contributed by atoms with Crippen molar-refractivity contribution in [2.24, 2.45) is 0 Å². The van der Waals surface area contributed by atoms with Crippen LogP contribution in [0, 0.1) is 0 Å². The van der Waals surface area contributed by atoms with Gasteiger partial charge in [0.2, 0.25) is 15.9 Å². The first-order valence-corrected chi connectivity index (χ1v) is 9.66. The highest BCUT2D eigenvalue weighted by Gasteiger charge is 2.39. The lowest BCUT2D eigenvalue weighted by atomic mass is 10.2. The van der Waals surface area contributed by atoms with E-state index in [-0.39, 0.29) is 10.8 Å². The van der Waals surface area contributed by atoms with Crippen molar-refractivity contribution in [3.63, 3.8) is 0 Å². The molecule has 0 saturated carbocycles. The number of hydrogen-bond acceptors (Lipinski definition) is 6. The van der Waals surface area contributed by atoms with E-state index in [0.717, 1.165) is 0 Å². The topological polar surface area (TPSA) is 94.2 Å². The molecule has 2 aliphatic heterocycles. The SMILES string of the molecule is COCCNC(=O)[C@@H]1CCCN1S(=O)(=O)c1ccc2c(c1)OCCO2. The molecule has 0 aliphatic carbocycles. The van der Waals surface area contributed by atoms with E-state index in [0.29, 0.717) is 57.3 Å². The van der Waals surface area contributed by atoms with Crippen molar-refractivity contribution in [3.05, 3.63) is 18.2 Å². The molecule has 0 aromatic heterocycles. The first-order chi connectivity index (χ1) is 12.0. The summed E-state index contributed by atoms with van der Waals surface area (Å²) >= 11 is 0. The van der Waals surface area contributed by atoms with Crippen molar-refractivity contribution in [2.45, 2.75) is 23.8 Å². The maximum Gasteiger partial charge on any atom is 0.243 e. The van der Waals surface area contributed by atoms with Crippen molar-refractivity contribution in [3.8, 4) is 11.5 Å². The predicted molar refractivity (Wildman–Crippen MR) is 89.2 cm³/mol. The Hall–Kier alpha value is -1.84. The Kier molecular flexibility index (Phi) is 5.45. The minimum atomic E-state index is -3.79. The second kappa shape index (κ2) is 7.59. The standard InChI is InChI=1S/C16H22N2O6S/c1-22-8-6-17-16(19)13-3-2-7-18(13)25(20,21)12-4-5-14-15(11-12)24-10-9-23-14/h4-5,11,13H,2-3,6-10H2,1H3,(H,17,19)/t13-/m0/s1.